The maximum atomic E-state index is 12.5. The molecule has 0 aromatic rings. The molecule has 9 nitrogen and oxygen atoms in total. The number of hydrogen-bond donors (Lipinski definition) is 2. The summed E-state index contributed by atoms with van der Waals surface area (Å²) in [6.07, 6.45) is 35.6. The quantitative estimate of drug-likeness (QED) is 0.0273. The fourth-order valence-electron chi connectivity index (χ4n) is 5.97. The Morgan fingerprint density at radius 1 is 0.620 bits per heavy atom. The number of carbonyl (C=O) groups is 2. The molecule has 0 bridgehead atoms. The first-order valence-corrected chi connectivity index (χ1v) is 22.1. The van der Waals surface area contributed by atoms with E-state index in [2.05, 4.69) is 13.5 Å². The van der Waals surface area contributed by atoms with Gasteiger partial charge >= 0.3 is 19.8 Å². The summed E-state index contributed by atoms with van der Waals surface area (Å²) >= 11 is 0. The van der Waals surface area contributed by atoms with E-state index in [1.165, 1.54) is 128 Å². The van der Waals surface area contributed by atoms with Gasteiger partial charge in [0.25, 0.3) is 0 Å². The van der Waals surface area contributed by atoms with Gasteiger partial charge in [0.15, 0.2) is 6.10 Å². The molecule has 0 fully saturated rings. The van der Waals surface area contributed by atoms with Crippen molar-refractivity contribution in [3.8, 4) is 0 Å². The summed E-state index contributed by atoms with van der Waals surface area (Å²) in [5, 5.41) is 0. The zero-order valence-electron chi connectivity index (χ0n) is 32.2. The number of allylic oxidation sites excluding steroid dienone is 1. The fourth-order valence-corrected chi connectivity index (χ4v) is 6.73. The Labute approximate surface area is 307 Å². The second kappa shape index (κ2) is 37.5. The van der Waals surface area contributed by atoms with E-state index in [9.17, 15) is 19.0 Å². The number of carbonyl (C=O) groups excluding carboxylic acids is 2. The van der Waals surface area contributed by atoms with Crippen LogP contribution < -0.4 is 5.73 Å². The van der Waals surface area contributed by atoms with Crippen LogP contribution in [-0.2, 0) is 32.7 Å². The van der Waals surface area contributed by atoms with Crippen molar-refractivity contribution in [2.45, 2.75) is 206 Å². The predicted molar refractivity (Wildman–Crippen MR) is 206 cm³/mol. The molecule has 50 heavy (non-hydrogen) atoms. The van der Waals surface area contributed by atoms with Gasteiger partial charge in [-0.1, -0.05) is 167 Å². The van der Waals surface area contributed by atoms with Crippen LogP contribution in [-0.4, -0.2) is 49.3 Å². The normalized spacial score (nSPS) is 13.2. The molecule has 3 N–H and O–H groups in total. The molecular formula is C40H78NO8P. The lowest BCUT2D eigenvalue weighted by Crippen LogP contribution is -2.29. The number of hydrogen-bond acceptors (Lipinski definition) is 8. The van der Waals surface area contributed by atoms with Gasteiger partial charge in [0.2, 0.25) is 0 Å². The summed E-state index contributed by atoms with van der Waals surface area (Å²) in [5.41, 5.74) is 5.34. The summed E-state index contributed by atoms with van der Waals surface area (Å²) in [5.74, 6) is -0.822. The van der Waals surface area contributed by atoms with Gasteiger partial charge in [-0.25, -0.2) is 4.57 Å². The molecular weight excluding hydrogens is 653 g/mol. The zero-order chi connectivity index (χ0) is 36.8. The first kappa shape index (κ1) is 48.8. The van der Waals surface area contributed by atoms with Crippen LogP contribution in [0.1, 0.15) is 200 Å². The van der Waals surface area contributed by atoms with E-state index in [0.717, 1.165) is 44.9 Å². The topological polar surface area (TPSA) is 134 Å². The summed E-state index contributed by atoms with van der Waals surface area (Å²) in [6.45, 7) is 5.27. The monoisotopic (exact) mass is 732 g/mol. The van der Waals surface area contributed by atoms with Crippen molar-refractivity contribution < 1.29 is 37.6 Å². The molecule has 0 amide bonds. The van der Waals surface area contributed by atoms with Crippen LogP contribution in [0.15, 0.2) is 12.7 Å². The van der Waals surface area contributed by atoms with Crippen LogP contribution in [0.5, 0.6) is 0 Å². The number of phosphoric acid groups is 1. The number of ether oxygens (including phenoxy) is 2. The van der Waals surface area contributed by atoms with Crippen LogP contribution in [0.4, 0.5) is 0 Å². The van der Waals surface area contributed by atoms with E-state index >= 15 is 0 Å². The second-order valence-electron chi connectivity index (χ2n) is 14.0. The molecule has 0 saturated carbocycles. The number of phosphoric ester groups is 1. The van der Waals surface area contributed by atoms with Gasteiger partial charge in [0, 0.05) is 19.4 Å². The highest BCUT2D eigenvalue weighted by molar-refractivity contribution is 7.47. The van der Waals surface area contributed by atoms with Crippen molar-refractivity contribution in [3.05, 3.63) is 12.7 Å². The van der Waals surface area contributed by atoms with Gasteiger partial charge in [-0.3, -0.25) is 18.6 Å². The molecule has 0 heterocycles. The first-order chi connectivity index (χ1) is 24.3. The van der Waals surface area contributed by atoms with Gasteiger partial charge in [0.05, 0.1) is 13.2 Å². The Bertz CT molecular complexity index is 827. The molecule has 0 spiro atoms. The lowest BCUT2D eigenvalue weighted by Gasteiger charge is -2.19. The van der Waals surface area contributed by atoms with Crippen molar-refractivity contribution >= 4 is 19.8 Å². The van der Waals surface area contributed by atoms with Crippen molar-refractivity contribution in [3.63, 3.8) is 0 Å². The third kappa shape index (κ3) is 36.5. The van der Waals surface area contributed by atoms with Gasteiger partial charge in [-0.05, 0) is 25.7 Å². The van der Waals surface area contributed by atoms with Crippen molar-refractivity contribution in [2.75, 3.05) is 26.4 Å². The Morgan fingerprint density at radius 2 is 1.02 bits per heavy atom. The summed E-state index contributed by atoms with van der Waals surface area (Å²) in [4.78, 5) is 34.8. The molecule has 10 heteroatoms. The highest BCUT2D eigenvalue weighted by Gasteiger charge is 2.26. The molecule has 296 valence electrons. The number of nitrogens with two attached hydrogens (primary N) is 1. The van der Waals surface area contributed by atoms with E-state index < -0.39 is 26.5 Å². The number of esters is 2. The molecule has 0 radical (unpaired) electrons. The Kier molecular flexibility index (Phi) is 36.6. The van der Waals surface area contributed by atoms with Gasteiger partial charge in [0.1, 0.15) is 6.61 Å². The maximum Gasteiger partial charge on any atom is 0.472 e. The third-order valence-electron chi connectivity index (χ3n) is 9.05. The van der Waals surface area contributed by atoms with E-state index in [1.54, 1.807) is 0 Å². The largest absolute Gasteiger partial charge is 0.472 e. The minimum absolute atomic E-state index is 0.0557. The average molecular weight is 732 g/mol. The van der Waals surface area contributed by atoms with Crippen molar-refractivity contribution in [1.29, 1.82) is 0 Å². The molecule has 1 unspecified atom stereocenters. The molecule has 0 rings (SSSR count). The predicted octanol–water partition coefficient (Wildman–Crippen LogP) is 11.4. The summed E-state index contributed by atoms with van der Waals surface area (Å²) in [7, 11) is -4.37. The van der Waals surface area contributed by atoms with E-state index in [1.807, 2.05) is 6.08 Å². The maximum absolute atomic E-state index is 12.5. The van der Waals surface area contributed by atoms with Gasteiger partial charge in [-0.2, -0.15) is 0 Å². The molecule has 2 atom stereocenters. The van der Waals surface area contributed by atoms with Gasteiger partial charge < -0.3 is 20.1 Å². The number of unbranched alkanes of at least 4 members (excludes halogenated alkanes) is 26. The number of rotatable bonds is 40. The van der Waals surface area contributed by atoms with E-state index in [-0.39, 0.29) is 38.6 Å². The second-order valence-corrected chi connectivity index (χ2v) is 15.4. The Morgan fingerprint density at radius 3 is 1.44 bits per heavy atom. The average Bonchev–Trinajstić information content (AvgIpc) is 3.10. The van der Waals surface area contributed by atoms with E-state index in [4.69, 9.17) is 24.3 Å². The SMILES string of the molecule is C=CCCCCCCCCCCCCCCCC(=O)O[C@H](COC(=O)CCCCCCCCCCCCCCCC)COP(=O)(O)OCCN. The van der Waals surface area contributed by atoms with E-state index in [0.29, 0.717) is 6.42 Å². The van der Waals surface area contributed by atoms with Gasteiger partial charge in [-0.15, -0.1) is 6.58 Å². The first-order valence-electron chi connectivity index (χ1n) is 20.6. The lowest BCUT2D eigenvalue weighted by atomic mass is 10.0. The highest BCUT2D eigenvalue weighted by atomic mass is 31.2. The molecule has 0 aliphatic carbocycles. The molecule has 0 aliphatic heterocycles. The van der Waals surface area contributed by atoms with Crippen LogP contribution in [0, 0.1) is 0 Å². The van der Waals surface area contributed by atoms with Crippen LogP contribution in [0.2, 0.25) is 0 Å². The molecule has 0 saturated heterocycles. The van der Waals surface area contributed by atoms with Crippen molar-refractivity contribution in [1.82, 2.24) is 0 Å². The fraction of sp³-hybridized carbons (Fsp3) is 0.900. The minimum Gasteiger partial charge on any atom is -0.462 e. The smallest absolute Gasteiger partial charge is 0.462 e. The molecule has 0 aromatic heterocycles. The highest BCUT2D eigenvalue weighted by Crippen LogP contribution is 2.43. The zero-order valence-corrected chi connectivity index (χ0v) is 33.1. The lowest BCUT2D eigenvalue weighted by molar-refractivity contribution is -0.161. The molecule has 0 aromatic carbocycles. The summed E-state index contributed by atoms with van der Waals surface area (Å²) < 4.78 is 32.7. The Hall–Kier alpha value is -1.25. The van der Waals surface area contributed by atoms with Crippen LogP contribution >= 0.6 is 7.82 Å². The summed E-state index contributed by atoms with van der Waals surface area (Å²) in [6, 6.07) is 0. The Balaban J connectivity index is 4.13. The van der Waals surface area contributed by atoms with Crippen LogP contribution in [0.25, 0.3) is 0 Å². The van der Waals surface area contributed by atoms with Crippen LogP contribution in [0.3, 0.4) is 0 Å². The molecule has 0 aliphatic rings. The minimum atomic E-state index is -4.37. The standard InChI is InChI=1S/C40H78NO8P/c1-3-5-7-9-11-13-15-17-19-21-23-25-27-29-31-33-40(43)49-38(37-48-50(44,45)47-35-34-41)36-46-39(42)32-30-28-26-24-22-20-18-16-14-12-10-8-6-4-2/h3,38H,1,4-37,41H2,2H3,(H,44,45)/t38-/m1/s1. The van der Waals surface area contributed by atoms with Crippen molar-refractivity contribution in [2.24, 2.45) is 5.73 Å². The third-order valence-corrected chi connectivity index (χ3v) is 10.0.